The van der Waals surface area contributed by atoms with Gasteiger partial charge in [-0.05, 0) is 24.3 Å². The average Bonchev–Trinajstić information content (AvgIpc) is 2.43. The molecule has 0 aliphatic heterocycles. The molecule has 3 rings (SSSR count). The summed E-state index contributed by atoms with van der Waals surface area (Å²) in [4.78, 5) is 12.0. The molecular weight excluding hydrogens is 285 g/mol. The van der Waals surface area contributed by atoms with Crippen LogP contribution in [-0.2, 0) is 0 Å². The highest BCUT2D eigenvalue weighted by atomic mass is 19.1. The lowest BCUT2D eigenvalue weighted by molar-refractivity contribution is 0.447. The maximum atomic E-state index is 13.7. The zero-order valence-electron chi connectivity index (χ0n) is 10.4. The Hall–Kier alpha value is -2.76. The number of rotatable bonds is 1. The summed E-state index contributed by atoms with van der Waals surface area (Å²) in [6.07, 6.45) is 0. The Morgan fingerprint density at radius 1 is 0.952 bits per heavy atom. The zero-order chi connectivity index (χ0) is 15.1. The predicted octanol–water partition coefficient (Wildman–Crippen LogP) is 3.58. The Kier molecular flexibility index (Phi) is 2.94. The van der Waals surface area contributed by atoms with Crippen LogP contribution in [-0.4, -0.2) is 5.11 Å². The first-order chi connectivity index (χ1) is 9.97. The Morgan fingerprint density at radius 3 is 2.33 bits per heavy atom. The fourth-order valence-electron chi connectivity index (χ4n) is 2.01. The van der Waals surface area contributed by atoms with Crippen molar-refractivity contribution in [2.75, 3.05) is 0 Å². The quantitative estimate of drug-likeness (QED) is 0.745. The summed E-state index contributed by atoms with van der Waals surface area (Å²) in [6.45, 7) is 0. The van der Waals surface area contributed by atoms with Gasteiger partial charge in [-0.1, -0.05) is 0 Å². The van der Waals surface area contributed by atoms with Crippen molar-refractivity contribution >= 4 is 11.0 Å². The van der Waals surface area contributed by atoms with E-state index in [-0.39, 0.29) is 16.5 Å². The topological polar surface area (TPSA) is 50.4 Å². The number of aromatic hydroxyl groups is 1. The van der Waals surface area contributed by atoms with Crippen LogP contribution in [0.5, 0.6) is 5.75 Å². The Bertz CT molecular complexity index is 916. The van der Waals surface area contributed by atoms with Gasteiger partial charge in [0.2, 0.25) is 11.2 Å². The van der Waals surface area contributed by atoms with Gasteiger partial charge in [-0.25, -0.2) is 13.2 Å². The molecule has 6 heteroatoms. The van der Waals surface area contributed by atoms with E-state index in [9.17, 15) is 23.1 Å². The van der Waals surface area contributed by atoms with Gasteiger partial charge in [0.25, 0.3) is 0 Å². The number of halogens is 3. The van der Waals surface area contributed by atoms with Gasteiger partial charge < -0.3 is 9.52 Å². The van der Waals surface area contributed by atoms with Crippen LogP contribution in [0.2, 0.25) is 0 Å². The van der Waals surface area contributed by atoms with E-state index >= 15 is 0 Å². The molecule has 3 aromatic rings. The van der Waals surface area contributed by atoms with Gasteiger partial charge in [-0.2, -0.15) is 0 Å². The summed E-state index contributed by atoms with van der Waals surface area (Å²) in [5.74, 6) is -3.77. The molecule has 0 bridgehead atoms. The van der Waals surface area contributed by atoms with Crippen molar-refractivity contribution in [3.8, 4) is 17.1 Å². The maximum Gasteiger partial charge on any atom is 0.235 e. The molecule has 0 aliphatic rings. The second-order valence-electron chi connectivity index (χ2n) is 4.37. The molecule has 21 heavy (non-hydrogen) atoms. The molecule has 106 valence electrons. The molecular formula is C15H7F3O3. The molecule has 0 aliphatic carbocycles. The molecule has 1 heterocycles. The molecule has 1 aromatic heterocycles. The van der Waals surface area contributed by atoms with Crippen molar-refractivity contribution in [1.29, 1.82) is 0 Å². The van der Waals surface area contributed by atoms with Crippen molar-refractivity contribution in [3.05, 3.63) is 64.1 Å². The molecule has 0 saturated carbocycles. The van der Waals surface area contributed by atoms with Crippen LogP contribution < -0.4 is 5.43 Å². The van der Waals surface area contributed by atoms with Gasteiger partial charge in [0.15, 0.2) is 5.76 Å². The summed E-state index contributed by atoms with van der Waals surface area (Å²) >= 11 is 0. The lowest BCUT2D eigenvalue weighted by atomic mass is 10.1. The van der Waals surface area contributed by atoms with Gasteiger partial charge in [-0.15, -0.1) is 0 Å². The fraction of sp³-hybridized carbons (Fsp3) is 0. The van der Waals surface area contributed by atoms with Crippen molar-refractivity contribution in [1.82, 2.24) is 0 Å². The van der Waals surface area contributed by atoms with Crippen molar-refractivity contribution < 1.29 is 22.7 Å². The summed E-state index contributed by atoms with van der Waals surface area (Å²) in [5.41, 5.74) is -1.26. The molecule has 1 N–H and O–H groups in total. The first kappa shape index (κ1) is 13.2. The standard InChI is InChI=1S/C15H7F3O3/c16-7-1-3-9(11(18)5-7)15-14(20)13(19)10-4-2-8(17)6-12(10)21-15/h1-6,20H. The third-order valence-electron chi connectivity index (χ3n) is 3.01. The second-order valence-corrected chi connectivity index (χ2v) is 4.37. The Balaban J connectivity index is 2.37. The monoisotopic (exact) mass is 292 g/mol. The van der Waals surface area contributed by atoms with E-state index in [1.807, 2.05) is 0 Å². The van der Waals surface area contributed by atoms with E-state index in [0.717, 1.165) is 30.3 Å². The summed E-state index contributed by atoms with van der Waals surface area (Å²) in [5, 5.41) is 9.81. The highest BCUT2D eigenvalue weighted by Gasteiger charge is 2.18. The third kappa shape index (κ3) is 2.14. The van der Waals surface area contributed by atoms with E-state index in [2.05, 4.69) is 0 Å². The minimum atomic E-state index is -1.01. The first-order valence-electron chi connectivity index (χ1n) is 5.88. The van der Waals surface area contributed by atoms with Gasteiger partial charge in [0.05, 0.1) is 10.9 Å². The molecule has 0 unspecified atom stereocenters. The summed E-state index contributed by atoms with van der Waals surface area (Å²) in [7, 11) is 0. The number of benzene rings is 2. The first-order valence-corrected chi connectivity index (χ1v) is 5.88. The average molecular weight is 292 g/mol. The minimum absolute atomic E-state index is 0.0415. The maximum absolute atomic E-state index is 13.7. The van der Waals surface area contributed by atoms with E-state index in [1.54, 1.807) is 0 Å². The highest BCUT2D eigenvalue weighted by Crippen LogP contribution is 2.32. The Morgan fingerprint density at radius 2 is 1.62 bits per heavy atom. The van der Waals surface area contributed by atoms with E-state index in [4.69, 9.17) is 4.42 Å². The van der Waals surface area contributed by atoms with Gasteiger partial charge in [0.1, 0.15) is 23.0 Å². The molecule has 0 fully saturated rings. The van der Waals surface area contributed by atoms with Crippen LogP contribution in [0.25, 0.3) is 22.3 Å². The zero-order valence-corrected chi connectivity index (χ0v) is 10.4. The molecule has 0 radical (unpaired) electrons. The van der Waals surface area contributed by atoms with Gasteiger partial charge >= 0.3 is 0 Å². The number of fused-ring (bicyclic) bond motifs is 1. The van der Waals surface area contributed by atoms with Crippen LogP contribution in [0.1, 0.15) is 0 Å². The third-order valence-corrected chi connectivity index (χ3v) is 3.01. The lowest BCUT2D eigenvalue weighted by Gasteiger charge is -2.07. The molecule has 0 spiro atoms. The van der Waals surface area contributed by atoms with Gasteiger partial charge in [0, 0.05) is 12.1 Å². The van der Waals surface area contributed by atoms with Crippen molar-refractivity contribution in [3.63, 3.8) is 0 Å². The molecule has 0 amide bonds. The summed E-state index contributed by atoms with van der Waals surface area (Å²) < 4.78 is 45.0. The largest absolute Gasteiger partial charge is 0.502 e. The fourth-order valence-corrected chi connectivity index (χ4v) is 2.01. The van der Waals surface area contributed by atoms with Crippen LogP contribution in [0.3, 0.4) is 0 Å². The van der Waals surface area contributed by atoms with E-state index in [1.165, 1.54) is 0 Å². The Labute approximate surface area is 115 Å². The van der Waals surface area contributed by atoms with Crippen molar-refractivity contribution in [2.24, 2.45) is 0 Å². The van der Waals surface area contributed by atoms with Crippen molar-refractivity contribution in [2.45, 2.75) is 0 Å². The second kappa shape index (κ2) is 4.66. The minimum Gasteiger partial charge on any atom is -0.502 e. The van der Waals surface area contributed by atoms with E-state index < -0.39 is 34.4 Å². The molecule has 3 nitrogen and oxygen atoms in total. The van der Waals surface area contributed by atoms with Crippen LogP contribution in [0, 0.1) is 17.5 Å². The highest BCUT2D eigenvalue weighted by molar-refractivity contribution is 5.81. The van der Waals surface area contributed by atoms with Gasteiger partial charge in [-0.3, -0.25) is 4.79 Å². The molecule has 0 atom stereocenters. The summed E-state index contributed by atoms with van der Waals surface area (Å²) in [6, 6.07) is 5.70. The van der Waals surface area contributed by atoms with E-state index in [0.29, 0.717) is 6.07 Å². The number of hydrogen-bond acceptors (Lipinski definition) is 3. The lowest BCUT2D eigenvalue weighted by Crippen LogP contribution is -2.03. The van der Waals surface area contributed by atoms with Crippen LogP contribution >= 0.6 is 0 Å². The predicted molar refractivity (Wildman–Crippen MR) is 69.5 cm³/mol. The molecule has 2 aromatic carbocycles. The SMILES string of the molecule is O=c1c(O)c(-c2ccc(F)cc2F)oc2cc(F)ccc12. The smallest absolute Gasteiger partial charge is 0.235 e. The normalized spacial score (nSPS) is 11.0. The number of hydrogen-bond donors (Lipinski definition) is 1. The van der Waals surface area contributed by atoms with Crippen LogP contribution in [0.15, 0.2) is 45.6 Å². The molecule has 0 saturated heterocycles. The van der Waals surface area contributed by atoms with Crippen LogP contribution in [0.4, 0.5) is 13.2 Å².